The Kier molecular flexibility index (Phi) is 3.64. The summed E-state index contributed by atoms with van der Waals surface area (Å²) < 4.78 is 39.6. The maximum Gasteiger partial charge on any atom is 0.573 e. The molecule has 1 heterocycles. The smallest absolute Gasteiger partial charge is 0.405 e. The van der Waals surface area contributed by atoms with Crippen LogP contribution in [-0.4, -0.2) is 11.3 Å². The molecule has 1 aromatic heterocycles. The lowest BCUT2D eigenvalue weighted by Gasteiger charge is -2.13. The molecule has 8 heteroatoms. The first-order chi connectivity index (χ1) is 6.83. The fourth-order valence-electron chi connectivity index (χ4n) is 0.891. The van der Waals surface area contributed by atoms with Crippen molar-refractivity contribution in [3.63, 3.8) is 0 Å². The first-order valence-electron chi connectivity index (χ1n) is 3.64. The van der Waals surface area contributed by atoms with Crippen molar-refractivity contribution < 1.29 is 17.9 Å². The Morgan fingerprint density at radius 3 is 2.47 bits per heavy atom. The SMILES string of the molecule is NCc1c(OC(F)(F)F)cc(Cl)nc1Cl. The predicted molar refractivity (Wildman–Crippen MR) is 48.8 cm³/mol. The molecule has 0 atom stereocenters. The molecule has 0 spiro atoms. The molecule has 15 heavy (non-hydrogen) atoms. The molecule has 0 saturated carbocycles. The molecule has 0 aliphatic heterocycles. The molecule has 1 aromatic rings. The predicted octanol–water partition coefficient (Wildman–Crippen LogP) is 2.75. The van der Waals surface area contributed by atoms with Crippen molar-refractivity contribution in [1.29, 1.82) is 0 Å². The molecular formula is C7H5Cl2F3N2O. The van der Waals surface area contributed by atoms with Crippen LogP contribution in [0.2, 0.25) is 10.3 Å². The minimum atomic E-state index is -4.82. The molecule has 0 bridgehead atoms. The standard InChI is InChI=1S/C7H5Cl2F3N2O/c8-5-1-4(15-7(10,11)12)3(2-13)6(9)14-5/h1H,2,13H2. The third kappa shape index (κ3) is 3.40. The summed E-state index contributed by atoms with van der Waals surface area (Å²) in [4.78, 5) is 3.54. The molecule has 0 aromatic carbocycles. The van der Waals surface area contributed by atoms with Crippen LogP contribution in [0.3, 0.4) is 0 Å². The van der Waals surface area contributed by atoms with Crippen LogP contribution in [0.1, 0.15) is 5.56 Å². The van der Waals surface area contributed by atoms with Crippen LogP contribution in [0.15, 0.2) is 6.07 Å². The van der Waals surface area contributed by atoms with E-state index < -0.39 is 12.1 Å². The van der Waals surface area contributed by atoms with Gasteiger partial charge in [0.15, 0.2) is 0 Å². The third-order valence-electron chi connectivity index (χ3n) is 1.43. The van der Waals surface area contributed by atoms with E-state index >= 15 is 0 Å². The second kappa shape index (κ2) is 4.42. The Morgan fingerprint density at radius 1 is 1.40 bits per heavy atom. The first kappa shape index (κ1) is 12.4. The third-order valence-corrected chi connectivity index (χ3v) is 1.94. The highest BCUT2D eigenvalue weighted by atomic mass is 35.5. The lowest BCUT2D eigenvalue weighted by Crippen LogP contribution is -2.19. The van der Waals surface area contributed by atoms with E-state index in [1.807, 2.05) is 0 Å². The Hall–Kier alpha value is -0.720. The largest absolute Gasteiger partial charge is 0.573 e. The average Bonchev–Trinajstić information content (AvgIpc) is 1.99. The summed E-state index contributed by atoms with van der Waals surface area (Å²) in [5.74, 6) is -0.532. The van der Waals surface area contributed by atoms with Gasteiger partial charge in [-0.3, -0.25) is 0 Å². The normalized spacial score (nSPS) is 11.6. The summed E-state index contributed by atoms with van der Waals surface area (Å²) in [6, 6.07) is 0.906. The van der Waals surface area contributed by atoms with Crippen LogP contribution in [-0.2, 0) is 6.54 Å². The van der Waals surface area contributed by atoms with Crippen molar-refractivity contribution in [3.05, 3.63) is 21.9 Å². The van der Waals surface area contributed by atoms with Crippen molar-refractivity contribution in [2.45, 2.75) is 12.9 Å². The summed E-state index contributed by atoms with van der Waals surface area (Å²) >= 11 is 11.0. The van der Waals surface area contributed by atoms with E-state index in [9.17, 15) is 13.2 Å². The monoisotopic (exact) mass is 260 g/mol. The van der Waals surface area contributed by atoms with Crippen LogP contribution in [0, 0.1) is 0 Å². The van der Waals surface area contributed by atoms with Crippen LogP contribution in [0.4, 0.5) is 13.2 Å². The van der Waals surface area contributed by atoms with E-state index in [0.717, 1.165) is 6.07 Å². The molecule has 0 unspecified atom stereocenters. The van der Waals surface area contributed by atoms with Crippen LogP contribution in [0.5, 0.6) is 5.75 Å². The minimum Gasteiger partial charge on any atom is -0.405 e. The number of halogens is 5. The van der Waals surface area contributed by atoms with Crippen LogP contribution >= 0.6 is 23.2 Å². The van der Waals surface area contributed by atoms with Gasteiger partial charge in [0.05, 0.1) is 0 Å². The number of alkyl halides is 3. The molecular weight excluding hydrogens is 256 g/mol. The van der Waals surface area contributed by atoms with Crippen molar-refractivity contribution in [2.75, 3.05) is 0 Å². The topological polar surface area (TPSA) is 48.1 Å². The molecule has 0 aliphatic carbocycles. The number of pyridine rings is 1. The van der Waals surface area contributed by atoms with Gasteiger partial charge in [0.2, 0.25) is 0 Å². The summed E-state index contributed by atoms with van der Waals surface area (Å²) in [7, 11) is 0. The van der Waals surface area contributed by atoms with Crippen LogP contribution < -0.4 is 10.5 Å². The maximum absolute atomic E-state index is 12.0. The van der Waals surface area contributed by atoms with Crippen molar-refractivity contribution in [2.24, 2.45) is 5.73 Å². The number of nitrogens with two attached hydrogens (primary N) is 1. The van der Waals surface area contributed by atoms with E-state index in [1.165, 1.54) is 0 Å². The first-order valence-corrected chi connectivity index (χ1v) is 4.40. The summed E-state index contributed by atoms with van der Waals surface area (Å²) in [6.45, 7) is -0.228. The van der Waals surface area contributed by atoms with E-state index in [-0.39, 0.29) is 22.4 Å². The Labute approximate surface area is 92.9 Å². The second-order valence-electron chi connectivity index (χ2n) is 2.46. The number of aromatic nitrogens is 1. The van der Waals surface area contributed by atoms with Gasteiger partial charge in [-0.15, -0.1) is 13.2 Å². The molecule has 2 N–H and O–H groups in total. The van der Waals surface area contributed by atoms with Gasteiger partial charge < -0.3 is 10.5 Å². The van der Waals surface area contributed by atoms with Gasteiger partial charge in [0.25, 0.3) is 0 Å². The highest BCUT2D eigenvalue weighted by Crippen LogP contribution is 2.31. The molecule has 84 valence electrons. The minimum absolute atomic E-state index is 0.0432. The number of rotatable bonds is 2. The molecule has 0 aliphatic rings. The molecule has 3 nitrogen and oxygen atoms in total. The van der Waals surface area contributed by atoms with Crippen molar-refractivity contribution in [1.82, 2.24) is 4.98 Å². The fraction of sp³-hybridized carbons (Fsp3) is 0.286. The van der Waals surface area contributed by atoms with Crippen molar-refractivity contribution >= 4 is 23.2 Å². The Morgan fingerprint density at radius 2 is 2.00 bits per heavy atom. The van der Waals surface area contributed by atoms with Crippen LogP contribution in [0.25, 0.3) is 0 Å². The van der Waals surface area contributed by atoms with E-state index in [2.05, 4.69) is 9.72 Å². The van der Waals surface area contributed by atoms with Gasteiger partial charge in [-0.2, -0.15) is 0 Å². The molecule has 1 rings (SSSR count). The molecule has 0 fully saturated rings. The van der Waals surface area contributed by atoms with Gasteiger partial charge >= 0.3 is 6.36 Å². The molecule has 0 saturated heterocycles. The molecule has 0 amide bonds. The average molecular weight is 261 g/mol. The second-order valence-corrected chi connectivity index (χ2v) is 3.21. The maximum atomic E-state index is 12.0. The zero-order valence-corrected chi connectivity index (χ0v) is 8.62. The van der Waals surface area contributed by atoms with Gasteiger partial charge in [0.1, 0.15) is 16.1 Å². The van der Waals surface area contributed by atoms with Crippen molar-refractivity contribution in [3.8, 4) is 5.75 Å². The van der Waals surface area contributed by atoms with E-state index in [1.54, 1.807) is 0 Å². The van der Waals surface area contributed by atoms with Gasteiger partial charge in [-0.05, 0) is 0 Å². The lowest BCUT2D eigenvalue weighted by molar-refractivity contribution is -0.274. The summed E-state index contributed by atoms with van der Waals surface area (Å²) in [6.07, 6.45) is -4.82. The quantitative estimate of drug-likeness (QED) is 0.832. The van der Waals surface area contributed by atoms with Gasteiger partial charge in [-0.25, -0.2) is 4.98 Å². The molecule has 0 radical (unpaired) electrons. The summed E-state index contributed by atoms with van der Waals surface area (Å²) in [5, 5.41) is -0.402. The number of nitrogens with zero attached hydrogens (tertiary/aromatic N) is 1. The number of hydrogen-bond acceptors (Lipinski definition) is 3. The fourth-order valence-corrected chi connectivity index (χ4v) is 1.38. The van der Waals surface area contributed by atoms with Gasteiger partial charge in [-0.1, -0.05) is 23.2 Å². The lowest BCUT2D eigenvalue weighted by atomic mass is 10.2. The van der Waals surface area contributed by atoms with Gasteiger partial charge in [0, 0.05) is 18.2 Å². The Bertz CT molecular complexity index is 370. The Balaban J connectivity index is 3.15. The number of hydrogen-bond donors (Lipinski definition) is 1. The van der Waals surface area contributed by atoms with E-state index in [4.69, 9.17) is 28.9 Å². The number of ether oxygens (including phenoxy) is 1. The highest BCUT2D eigenvalue weighted by Gasteiger charge is 2.32. The highest BCUT2D eigenvalue weighted by molar-refractivity contribution is 6.33. The van der Waals surface area contributed by atoms with E-state index in [0.29, 0.717) is 0 Å². The zero-order valence-electron chi connectivity index (χ0n) is 7.11. The zero-order chi connectivity index (χ0) is 11.6. The summed E-state index contributed by atoms with van der Waals surface area (Å²) in [5.41, 5.74) is 5.16.